The second-order valence-electron chi connectivity index (χ2n) is 6.13. The van der Waals surface area contributed by atoms with Gasteiger partial charge in [0.05, 0.1) is 5.69 Å². The number of aromatic nitrogens is 1. The van der Waals surface area contributed by atoms with Crippen LogP contribution in [0.25, 0.3) is 10.6 Å². The Bertz CT molecular complexity index is 591. The summed E-state index contributed by atoms with van der Waals surface area (Å²) in [7, 11) is 0. The Morgan fingerprint density at radius 2 is 2.09 bits per heavy atom. The minimum absolute atomic E-state index is 0. The fourth-order valence-electron chi connectivity index (χ4n) is 3.05. The smallest absolute Gasteiger partial charge is 0.123 e. The van der Waals surface area contributed by atoms with Gasteiger partial charge in [-0.05, 0) is 32.9 Å². The molecule has 2 aromatic rings. The zero-order chi connectivity index (χ0) is 15.4. The molecule has 1 aromatic carbocycles. The van der Waals surface area contributed by atoms with E-state index in [1.807, 2.05) is 0 Å². The molecule has 1 atom stereocenters. The zero-order valence-corrected chi connectivity index (χ0v) is 15.6. The van der Waals surface area contributed by atoms with Crippen molar-refractivity contribution >= 4 is 23.7 Å². The number of thiazole rings is 1. The summed E-state index contributed by atoms with van der Waals surface area (Å²) in [5.41, 5.74) is 3.73. The van der Waals surface area contributed by atoms with Crippen LogP contribution in [0.2, 0.25) is 0 Å². The summed E-state index contributed by atoms with van der Waals surface area (Å²) >= 11 is 1.76. The predicted octanol–water partition coefficient (Wildman–Crippen LogP) is 4.11. The van der Waals surface area contributed by atoms with Gasteiger partial charge in [-0.25, -0.2) is 4.98 Å². The molecule has 0 spiro atoms. The molecule has 2 heterocycles. The molecule has 0 bridgehead atoms. The molecule has 1 saturated heterocycles. The van der Waals surface area contributed by atoms with E-state index in [1.165, 1.54) is 29.7 Å². The maximum atomic E-state index is 4.86. The SMILES string of the molecule is CCCN(Cc1csc(-c2ccc(C)cc2)n1)C1CCNC1.Cl. The summed E-state index contributed by atoms with van der Waals surface area (Å²) < 4.78 is 0. The highest BCUT2D eigenvalue weighted by Gasteiger charge is 2.22. The van der Waals surface area contributed by atoms with Crippen molar-refractivity contribution in [2.75, 3.05) is 19.6 Å². The van der Waals surface area contributed by atoms with Gasteiger partial charge in [-0.3, -0.25) is 4.90 Å². The normalized spacial score (nSPS) is 17.4. The fraction of sp³-hybridized carbons (Fsp3) is 0.500. The van der Waals surface area contributed by atoms with Crippen LogP contribution < -0.4 is 5.32 Å². The molecule has 1 aliphatic heterocycles. The van der Waals surface area contributed by atoms with Crippen molar-refractivity contribution in [3.8, 4) is 10.6 Å². The Balaban J connectivity index is 0.00000192. The quantitative estimate of drug-likeness (QED) is 0.848. The molecular formula is C18H26ClN3S. The largest absolute Gasteiger partial charge is 0.315 e. The van der Waals surface area contributed by atoms with Crippen LogP contribution in [0.15, 0.2) is 29.6 Å². The van der Waals surface area contributed by atoms with Crippen LogP contribution in [0.5, 0.6) is 0 Å². The summed E-state index contributed by atoms with van der Waals surface area (Å²) in [5.74, 6) is 0. The van der Waals surface area contributed by atoms with Crippen LogP contribution in [0.4, 0.5) is 0 Å². The first-order valence-electron chi connectivity index (χ1n) is 8.22. The highest BCUT2D eigenvalue weighted by atomic mass is 35.5. The molecule has 23 heavy (non-hydrogen) atoms. The second kappa shape index (κ2) is 8.78. The molecule has 1 aliphatic rings. The molecule has 0 aliphatic carbocycles. The van der Waals surface area contributed by atoms with Crippen LogP contribution in [0.3, 0.4) is 0 Å². The first kappa shape index (κ1) is 18.4. The van der Waals surface area contributed by atoms with E-state index < -0.39 is 0 Å². The molecule has 1 fully saturated rings. The Labute approximate surface area is 149 Å². The van der Waals surface area contributed by atoms with E-state index in [2.05, 4.69) is 53.7 Å². The minimum Gasteiger partial charge on any atom is -0.315 e. The first-order valence-corrected chi connectivity index (χ1v) is 9.10. The van der Waals surface area contributed by atoms with Gasteiger partial charge in [0.2, 0.25) is 0 Å². The third-order valence-corrected chi connectivity index (χ3v) is 5.22. The summed E-state index contributed by atoms with van der Waals surface area (Å²) in [6.45, 7) is 8.78. The monoisotopic (exact) mass is 351 g/mol. The lowest BCUT2D eigenvalue weighted by atomic mass is 10.2. The molecule has 0 amide bonds. The lowest BCUT2D eigenvalue weighted by Gasteiger charge is -2.27. The van der Waals surface area contributed by atoms with E-state index in [4.69, 9.17) is 4.98 Å². The number of rotatable bonds is 6. The van der Waals surface area contributed by atoms with Gasteiger partial charge in [-0.15, -0.1) is 23.7 Å². The number of nitrogens with zero attached hydrogens (tertiary/aromatic N) is 2. The van der Waals surface area contributed by atoms with Crippen LogP contribution in [0, 0.1) is 6.92 Å². The van der Waals surface area contributed by atoms with Crippen molar-refractivity contribution in [2.45, 2.75) is 39.3 Å². The molecular weight excluding hydrogens is 326 g/mol. The number of hydrogen-bond donors (Lipinski definition) is 1. The van der Waals surface area contributed by atoms with Crippen molar-refractivity contribution in [1.29, 1.82) is 0 Å². The van der Waals surface area contributed by atoms with Gasteiger partial charge in [0.25, 0.3) is 0 Å². The van der Waals surface area contributed by atoms with E-state index in [0.29, 0.717) is 6.04 Å². The number of halogens is 1. The number of nitrogens with one attached hydrogen (secondary N) is 1. The topological polar surface area (TPSA) is 28.2 Å². The predicted molar refractivity (Wildman–Crippen MR) is 102 cm³/mol. The van der Waals surface area contributed by atoms with Gasteiger partial charge >= 0.3 is 0 Å². The Morgan fingerprint density at radius 3 is 2.74 bits per heavy atom. The third-order valence-electron chi connectivity index (χ3n) is 4.28. The summed E-state index contributed by atoms with van der Waals surface area (Å²) in [6.07, 6.45) is 2.46. The lowest BCUT2D eigenvalue weighted by molar-refractivity contribution is 0.197. The van der Waals surface area contributed by atoms with Gasteiger partial charge in [0, 0.05) is 30.1 Å². The number of aryl methyl sites for hydroxylation is 1. The summed E-state index contributed by atoms with van der Waals surface area (Å²) in [6, 6.07) is 9.32. The molecule has 1 aromatic heterocycles. The van der Waals surface area contributed by atoms with Crippen molar-refractivity contribution in [3.63, 3.8) is 0 Å². The summed E-state index contributed by atoms with van der Waals surface area (Å²) in [4.78, 5) is 7.45. The molecule has 3 nitrogen and oxygen atoms in total. The zero-order valence-electron chi connectivity index (χ0n) is 13.9. The molecule has 5 heteroatoms. The fourth-order valence-corrected chi connectivity index (χ4v) is 3.86. The van der Waals surface area contributed by atoms with E-state index in [-0.39, 0.29) is 12.4 Å². The molecule has 0 saturated carbocycles. The van der Waals surface area contributed by atoms with Gasteiger partial charge in [0.1, 0.15) is 5.01 Å². The lowest BCUT2D eigenvalue weighted by Crippen LogP contribution is -2.37. The maximum Gasteiger partial charge on any atom is 0.123 e. The molecule has 0 radical (unpaired) electrons. The van der Waals surface area contributed by atoms with E-state index in [0.717, 1.165) is 31.2 Å². The van der Waals surface area contributed by atoms with Crippen molar-refractivity contribution in [1.82, 2.24) is 15.2 Å². The Morgan fingerprint density at radius 1 is 1.30 bits per heavy atom. The van der Waals surface area contributed by atoms with E-state index in [1.54, 1.807) is 11.3 Å². The molecule has 126 valence electrons. The van der Waals surface area contributed by atoms with E-state index in [9.17, 15) is 0 Å². The van der Waals surface area contributed by atoms with Gasteiger partial charge in [0.15, 0.2) is 0 Å². The van der Waals surface area contributed by atoms with Crippen LogP contribution in [-0.2, 0) is 6.54 Å². The standard InChI is InChI=1S/C18H25N3S.ClH/c1-3-10-21(17-8-9-19-11-17)12-16-13-22-18(20-16)15-6-4-14(2)5-7-15;/h4-7,13,17,19H,3,8-12H2,1-2H3;1H. The van der Waals surface area contributed by atoms with Crippen molar-refractivity contribution in [2.24, 2.45) is 0 Å². The highest BCUT2D eigenvalue weighted by molar-refractivity contribution is 7.13. The average molecular weight is 352 g/mol. The number of hydrogen-bond acceptors (Lipinski definition) is 4. The van der Waals surface area contributed by atoms with Crippen molar-refractivity contribution < 1.29 is 0 Å². The highest BCUT2D eigenvalue weighted by Crippen LogP contribution is 2.25. The first-order chi connectivity index (χ1) is 10.8. The Hall–Kier alpha value is -0.940. The molecule has 3 rings (SSSR count). The molecule has 1 N–H and O–H groups in total. The van der Waals surface area contributed by atoms with Crippen LogP contribution >= 0.6 is 23.7 Å². The summed E-state index contributed by atoms with van der Waals surface area (Å²) in [5, 5.41) is 6.83. The van der Waals surface area contributed by atoms with E-state index >= 15 is 0 Å². The second-order valence-corrected chi connectivity index (χ2v) is 6.99. The van der Waals surface area contributed by atoms with Crippen LogP contribution in [0.1, 0.15) is 31.0 Å². The average Bonchev–Trinajstić information content (AvgIpc) is 3.19. The van der Waals surface area contributed by atoms with Crippen molar-refractivity contribution in [3.05, 3.63) is 40.9 Å². The Kier molecular flexibility index (Phi) is 7.03. The van der Waals surface area contributed by atoms with Gasteiger partial charge in [-0.1, -0.05) is 36.8 Å². The van der Waals surface area contributed by atoms with Gasteiger partial charge in [-0.2, -0.15) is 0 Å². The molecule has 1 unspecified atom stereocenters. The van der Waals surface area contributed by atoms with Crippen LogP contribution in [-0.4, -0.2) is 35.6 Å². The number of benzene rings is 1. The third kappa shape index (κ3) is 4.77. The van der Waals surface area contributed by atoms with Gasteiger partial charge < -0.3 is 5.32 Å². The minimum atomic E-state index is 0. The maximum absolute atomic E-state index is 4.86.